The second-order valence-corrected chi connectivity index (χ2v) is 8.01. The SMILES string of the molecule is CN=C(NCC1(C)CCCC1)NC1CCN(C2CCCC2)C1.I. The van der Waals surface area contributed by atoms with Crippen molar-refractivity contribution in [1.29, 1.82) is 0 Å². The van der Waals surface area contributed by atoms with Crippen LogP contribution in [0.2, 0.25) is 0 Å². The minimum absolute atomic E-state index is 0. The lowest BCUT2D eigenvalue weighted by Gasteiger charge is -2.27. The van der Waals surface area contributed by atoms with Crippen LogP contribution in [0.15, 0.2) is 4.99 Å². The summed E-state index contributed by atoms with van der Waals surface area (Å²) in [5.74, 6) is 1.01. The predicted molar refractivity (Wildman–Crippen MR) is 109 cm³/mol. The number of hydrogen-bond donors (Lipinski definition) is 2. The first kappa shape index (κ1) is 19.3. The van der Waals surface area contributed by atoms with Gasteiger partial charge >= 0.3 is 0 Å². The summed E-state index contributed by atoms with van der Waals surface area (Å²) in [5.41, 5.74) is 0.475. The van der Waals surface area contributed by atoms with E-state index in [9.17, 15) is 0 Å². The van der Waals surface area contributed by atoms with Crippen molar-refractivity contribution in [2.75, 3.05) is 26.7 Å². The van der Waals surface area contributed by atoms with Crippen LogP contribution in [0.5, 0.6) is 0 Å². The van der Waals surface area contributed by atoms with Gasteiger partial charge in [0.25, 0.3) is 0 Å². The molecule has 1 aliphatic heterocycles. The summed E-state index contributed by atoms with van der Waals surface area (Å²) in [5, 5.41) is 7.24. The second kappa shape index (κ2) is 8.88. The van der Waals surface area contributed by atoms with Crippen LogP contribution in [0.25, 0.3) is 0 Å². The smallest absolute Gasteiger partial charge is 0.191 e. The minimum Gasteiger partial charge on any atom is -0.356 e. The molecule has 1 saturated heterocycles. The summed E-state index contributed by atoms with van der Waals surface area (Å²) >= 11 is 0. The van der Waals surface area contributed by atoms with Crippen molar-refractivity contribution in [3.05, 3.63) is 0 Å². The maximum atomic E-state index is 4.44. The molecule has 2 N–H and O–H groups in total. The van der Waals surface area contributed by atoms with Crippen molar-refractivity contribution in [3.63, 3.8) is 0 Å². The number of hydrogen-bond acceptors (Lipinski definition) is 2. The van der Waals surface area contributed by atoms with Gasteiger partial charge in [0, 0.05) is 38.8 Å². The average Bonchev–Trinajstić information content (AvgIpc) is 3.25. The second-order valence-electron chi connectivity index (χ2n) is 8.01. The molecule has 2 aliphatic carbocycles. The fraction of sp³-hybridized carbons (Fsp3) is 0.944. The van der Waals surface area contributed by atoms with Crippen molar-refractivity contribution in [2.24, 2.45) is 10.4 Å². The zero-order chi connectivity index (χ0) is 15.4. The van der Waals surface area contributed by atoms with E-state index in [1.165, 1.54) is 70.9 Å². The number of guanidine groups is 1. The highest BCUT2D eigenvalue weighted by Crippen LogP contribution is 2.36. The Morgan fingerprint density at radius 3 is 2.48 bits per heavy atom. The first-order valence-corrected chi connectivity index (χ1v) is 9.40. The molecule has 3 fully saturated rings. The van der Waals surface area contributed by atoms with Crippen molar-refractivity contribution >= 4 is 29.9 Å². The van der Waals surface area contributed by atoms with E-state index in [1.807, 2.05) is 7.05 Å². The largest absolute Gasteiger partial charge is 0.356 e. The molecule has 1 atom stereocenters. The van der Waals surface area contributed by atoms with E-state index in [-0.39, 0.29) is 24.0 Å². The van der Waals surface area contributed by atoms with E-state index in [0.717, 1.165) is 18.5 Å². The first-order chi connectivity index (χ1) is 10.7. The van der Waals surface area contributed by atoms with Gasteiger partial charge in [0.1, 0.15) is 0 Å². The molecule has 1 unspecified atom stereocenters. The third-order valence-corrected chi connectivity index (χ3v) is 6.12. The predicted octanol–water partition coefficient (Wildman–Crippen LogP) is 3.37. The highest BCUT2D eigenvalue weighted by Gasteiger charge is 2.31. The quantitative estimate of drug-likeness (QED) is 0.405. The van der Waals surface area contributed by atoms with Gasteiger partial charge in [-0.15, -0.1) is 24.0 Å². The summed E-state index contributed by atoms with van der Waals surface area (Å²) < 4.78 is 0. The molecule has 0 amide bonds. The molecular weight excluding hydrogens is 399 g/mol. The molecule has 3 aliphatic rings. The van der Waals surface area contributed by atoms with E-state index in [0.29, 0.717) is 11.5 Å². The topological polar surface area (TPSA) is 39.7 Å². The first-order valence-electron chi connectivity index (χ1n) is 9.40. The van der Waals surface area contributed by atoms with Gasteiger partial charge in [-0.25, -0.2) is 0 Å². The Kier molecular flexibility index (Phi) is 7.45. The van der Waals surface area contributed by atoms with Gasteiger partial charge in [0.15, 0.2) is 5.96 Å². The molecule has 0 aromatic heterocycles. The standard InChI is InChI=1S/C18H34N4.HI/c1-18(10-5-6-11-18)14-20-17(19-2)21-15-9-12-22(13-15)16-7-3-4-8-16;/h15-16H,3-14H2,1-2H3,(H2,19,20,21);1H. The third-order valence-electron chi connectivity index (χ3n) is 6.12. The van der Waals surface area contributed by atoms with Crippen LogP contribution in [-0.4, -0.2) is 49.6 Å². The molecule has 3 rings (SSSR count). The Hall–Kier alpha value is -0.0400. The number of nitrogens with one attached hydrogen (secondary N) is 2. The molecule has 23 heavy (non-hydrogen) atoms. The lowest BCUT2D eigenvalue weighted by atomic mass is 9.89. The van der Waals surface area contributed by atoms with Gasteiger partial charge in [-0.1, -0.05) is 32.6 Å². The van der Waals surface area contributed by atoms with Gasteiger partial charge in [-0.2, -0.15) is 0 Å². The summed E-state index contributed by atoms with van der Waals surface area (Å²) in [6.07, 6.45) is 12.4. The van der Waals surface area contributed by atoms with E-state index in [2.05, 4.69) is 27.4 Å². The van der Waals surface area contributed by atoms with Gasteiger partial charge in [-0.05, 0) is 37.5 Å². The molecule has 0 aromatic carbocycles. The van der Waals surface area contributed by atoms with Gasteiger partial charge in [0.05, 0.1) is 0 Å². The summed E-state index contributed by atoms with van der Waals surface area (Å²) in [4.78, 5) is 7.15. The molecule has 134 valence electrons. The third kappa shape index (κ3) is 5.21. The Labute approximate surface area is 159 Å². The number of nitrogens with zero attached hydrogens (tertiary/aromatic N) is 2. The molecule has 2 saturated carbocycles. The molecule has 0 bridgehead atoms. The molecule has 0 aromatic rings. The number of halogens is 1. The summed E-state index contributed by atoms with van der Waals surface area (Å²) in [6.45, 7) is 5.93. The van der Waals surface area contributed by atoms with Crippen molar-refractivity contribution < 1.29 is 0 Å². The Morgan fingerprint density at radius 2 is 1.83 bits per heavy atom. The monoisotopic (exact) mass is 434 g/mol. The fourth-order valence-corrected chi connectivity index (χ4v) is 4.60. The molecular formula is C18H35IN4. The van der Waals surface area contributed by atoms with Crippen LogP contribution in [0.4, 0.5) is 0 Å². The maximum absolute atomic E-state index is 4.44. The lowest BCUT2D eigenvalue weighted by Crippen LogP contribution is -2.47. The molecule has 0 radical (unpaired) electrons. The zero-order valence-electron chi connectivity index (χ0n) is 14.9. The molecule has 0 spiro atoms. The van der Waals surface area contributed by atoms with Crippen molar-refractivity contribution in [3.8, 4) is 0 Å². The van der Waals surface area contributed by atoms with Gasteiger partial charge in [0.2, 0.25) is 0 Å². The number of rotatable bonds is 4. The van der Waals surface area contributed by atoms with E-state index in [1.54, 1.807) is 0 Å². The highest BCUT2D eigenvalue weighted by molar-refractivity contribution is 14.0. The fourth-order valence-electron chi connectivity index (χ4n) is 4.60. The number of likely N-dealkylation sites (tertiary alicyclic amines) is 1. The van der Waals surface area contributed by atoms with Gasteiger partial charge < -0.3 is 10.6 Å². The van der Waals surface area contributed by atoms with Gasteiger partial charge in [-0.3, -0.25) is 9.89 Å². The number of aliphatic imine (C=N–C) groups is 1. The molecule has 5 heteroatoms. The van der Waals surface area contributed by atoms with Crippen molar-refractivity contribution in [1.82, 2.24) is 15.5 Å². The maximum Gasteiger partial charge on any atom is 0.191 e. The van der Waals surface area contributed by atoms with Crippen LogP contribution in [0.3, 0.4) is 0 Å². The van der Waals surface area contributed by atoms with Crippen LogP contribution in [0.1, 0.15) is 64.7 Å². The van der Waals surface area contributed by atoms with Crippen LogP contribution in [-0.2, 0) is 0 Å². The Bertz CT molecular complexity index is 386. The van der Waals surface area contributed by atoms with Crippen LogP contribution >= 0.6 is 24.0 Å². The normalized spacial score (nSPS) is 28.8. The highest BCUT2D eigenvalue weighted by atomic mass is 127. The van der Waals surface area contributed by atoms with Crippen LogP contribution < -0.4 is 10.6 Å². The lowest BCUT2D eigenvalue weighted by molar-refractivity contribution is 0.242. The Balaban J connectivity index is 0.00000192. The summed E-state index contributed by atoms with van der Waals surface area (Å²) in [6, 6.07) is 1.43. The zero-order valence-corrected chi connectivity index (χ0v) is 17.3. The Morgan fingerprint density at radius 1 is 1.13 bits per heavy atom. The molecule has 1 heterocycles. The summed E-state index contributed by atoms with van der Waals surface area (Å²) in [7, 11) is 1.90. The van der Waals surface area contributed by atoms with Crippen LogP contribution in [0, 0.1) is 5.41 Å². The average molecular weight is 434 g/mol. The van der Waals surface area contributed by atoms with E-state index >= 15 is 0 Å². The molecule has 4 nitrogen and oxygen atoms in total. The van der Waals surface area contributed by atoms with Crippen molar-refractivity contribution in [2.45, 2.75) is 76.8 Å². The van der Waals surface area contributed by atoms with E-state index < -0.39 is 0 Å². The minimum atomic E-state index is 0. The van der Waals surface area contributed by atoms with E-state index in [4.69, 9.17) is 0 Å².